The molecule has 1 heterocycles. The molecule has 7 nitrogen and oxygen atoms in total. The van der Waals surface area contributed by atoms with Gasteiger partial charge in [-0.25, -0.2) is 4.79 Å². The summed E-state index contributed by atoms with van der Waals surface area (Å²) in [5, 5.41) is 15.7. The summed E-state index contributed by atoms with van der Waals surface area (Å²) in [6.45, 7) is 1.91. The van der Waals surface area contributed by atoms with E-state index < -0.39 is 5.97 Å². The van der Waals surface area contributed by atoms with E-state index in [1.807, 2.05) is 6.92 Å². The minimum atomic E-state index is -1.07. The highest BCUT2D eigenvalue weighted by molar-refractivity contribution is 6.06. The molecule has 21 heavy (non-hydrogen) atoms. The molecule has 0 radical (unpaired) electrons. The van der Waals surface area contributed by atoms with E-state index in [1.165, 1.54) is 18.2 Å². The second-order valence-electron chi connectivity index (χ2n) is 4.58. The van der Waals surface area contributed by atoms with Crippen molar-refractivity contribution in [3.63, 3.8) is 0 Å². The molecule has 2 rings (SSSR count). The predicted molar refractivity (Wildman–Crippen MR) is 78.4 cm³/mol. The maximum Gasteiger partial charge on any atom is 0.335 e. The molecule has 0 atom stereocenters. The van der Waals surface area contributed by atoms with E-state index in [-0.39, 0.29) is 17.2 Å². The summed E-state index contributed by atoms with van der Waals surface area (Å²) in [5.41, 5.74) is 7.57. The molecule has 0 fully saturated rings. The van der Waals surface area contributed by atoms with Gasteiger partial charge in [0.15, 0.2) is 0 Å². The van der Waals surface area contributed by atoms with Crippen molar-refractivity contribution >= 4 is 23.3 Å². The zero-order chi connectivity index (χ0) is 15.6. The Labute approximate surface area is 121 Å². The van der Waals surface area contributed by atoms with Gasteiger partial charge in [-0.05, 0) is 24.6 Å². The van der Waals surface area contributed by atoms with Crippen molar-refractivity contribution in [1.29, 1.82) is 0 Å². The molecule has 0 aliphatic heterocycles. The van der Waals surface area contributed by atoms with Gasteiger partial charge in [0.1, 0.15) is 0 Å². The molecule has 4 N–H and O–H groups in total. The Morgan fingerprint density at radius 1 is 1.43 bits per heavy atom. The maximum absolute atomic E-state index is 12.2. The summed E-state index contributed by atoms with van der Waals surface area (Å²) < 4.78 is 1.57. The van der Waals surface area contributed by atoms with Gasteiger partial charge in [0.05, 0.1) is 28.2 Å². The SMILES string of the molecule is CCc1nn(C)cc1C(=O)Nc1ccc(C(=O)O)cc1N. The Morgan fingerprint density at radius 2 is 2.14 bits per heavy atom. The van der Waals surface area contributed by atoms with Crippen LogP contribution in [-0.4, -0.2) is 26.8 Å². The fourth-order valence-corrected chi connectivity index (χ4v) is 1.98. The van der Waals surface area contributed by atoms with Crippen molar-refractivity contribution in [2.45, 2.75) is 13.3 Å². The first-order valence-corrected chi connectivity index (χ1v) is 6.39. The number of carboxylic acid groups (broad SMARTS) is 1. The fourth-order valence-electron chi connectivity index (χ4n) is 1.98. The number of nitrogens with one attached hydrogen (secondary N) is 1. The molecular weight excluding hydrogens is 272 g/mol. The number of aromatic nitrogens is 2. The number of nitrogens with two attached hydrogens (primary N) is 1. The van der Waals surface area contributed by atoms with Gasteiger partial charge >= 0.3 is 5.97 Å². The number of rotatable bonds is 4. The van der Waals surface area contributed by atoms with Crippen LogP contribution in [0.3, 0.4) is 0 Å². The van der Waals surface area contributed by atoms with Gasteiger partial charge in [-0.15, -0.1) is 0 Å². The summed E-state index contributed by atoms with van der Waals surface area (Å²) in [6.07, 6.45) is 2.27. The van der Waals surface area contributed by atoms with Gasteiger partial charge in [-0.1, -0.05) is 6.92 Å². The van der Waals surface area contributed by atoms with Crippen LogP contribution in [0.15, 0.2) is 24.4 Å². The molecule has 7 heteroatoms. The molecule has 1 aromatic carbocycles. The molecule has 110 valence electrons. The van der Waals surface area contributed by atoms with E-state index in [4.69, 9.17) is 10.8 Å². The average molecular weight is 288 g/mol. The number of carboxylic acids is 1. The third kappa shape index (κ3) is 3.02. The first-order valence-electron chi connectivity index (χ1n) is 6.39. The van der Waals surface area contributed by atoms with Crippen molar-refractivity contribution in [1.82, 2.24) is 9.78 Å². The van der Waals surface area contributed by atoms with Crippen LogP contribution in [0.25, 0.3) is 0 Å². The number of amides is 1. The van der Waals surface area contributed by atoms with Crippen molar-refractivity contribution in [2.75, 3.05) is 11.1 Å². The molecular formula is C14H16N4O3. The number of nitrogens with zero attached hydrogens (tertiary/aromatic N) is 2. The molecule has 2 aromatic rings. The third-order valence-corrected chi connectivity index (χ3v) is 3.03. The van der Waals surface area contributed by atoms with E-state index >= 15 is 0 Å². The minimum absolute atomic E-state index is 0.0705. The standard InChI is InChI=1S/C14H16N4O3/c1-3-11-9(7-18(2)17-11)13(19)16-12-5-4-8(14(20)21)6-10(12)15/h4-7H,3,15H2,1-2H3,(H,16,19)(H,20,21). The normalized spacial score (nSPS) is 10.4. The van der Waals surface area contributed by atoms with Gasteiger partial charge in [0, 0.05) is 13.2 Å². The molecule has 1 aromatic heterocycles. The average Bonchev–Trinajstić information content (AvgIpc) is 2.82. The second-order valence-corrected chi connectivity index (χ2v) is 4.58. The van der Waals surface area contributed by atoms with Crippen LogP contribution in [0.4, 0.5) is 11.4 Å². The Hall–Kier alpha value is -2.83. The van der Waals surface area contributed by atoms with Gasteiger partial charge in [0.25, 0.3) is 5.91 Å². The number of aryl methyl sites for hydroxylation is 2. The lowest BCUT2D eigenvalue weighted by molar-refractivity contribution is 0.0697. The van der Waals surface area contributed by atoms with Gasteiger partial charge in [0.2, 0.25) is 0 Å². The lowest BCUT2D eigenvalue weighted by Gasteiger charge is -2.08. The quantitative estimate of drug-likeness (QED) is 0.739. The smallest absolute Gasteiger partial charge is 0.335 e. The number of nitrogen functional groups attached to an aromatic ring is 1. The van der Waals surface area contributed by atoms with Crippen LogP contribution in [0.5, 0.6) is 0 Å². The number of benzene rings is 1. The molecule has 0 aliphatic rings. The van der Waals surface area contributed by atoms with Gasteiger partial charge in [-0.3, -0.25) is 9.48 Å². The lowest BCUT2D eigenvalue weighted by atomic mass is 10.1. The van der Waals surface area contributed by atoms with E-state index in [0.717, 1.165) is 0 Å². The first kappa shape index (κ1) is 14.6. The van der Waals surface area contributed by atoms with Crippen molar-refractivity contribution < 1.29 is 14.7 Å². The zero-order valence-electron chi connectivity index (χ0n) is 11.8. The highest BCUT2D eigenvalue weighted by atomic mass is 16.4. The maximum atomic E-state index is 12.2. The summed E-state index contributed by atoms with van der Waals surface area (Å²) in [4.78, 5) is 23.1. The molecule has 0 saturated heterocycles. The monoisotopic (exact) mass is 288 g/mol. The Balaban J connectivity index is 2.25. The topological polar surface area (TPSA) is 110 Å². The van der Waals surface area contributed by atoms with Crippen molar-refractivity contribution in [3.05, 3.63) is 41.2 Å². The number of anilines is 2. The van der Waals surface area contributed by atoms with Crippen molar-refractivity contribution in [2.24, 2.45) is 7.05 Å². The summed E-state index contributed by atoms with van der Waals surface area (Å²) in [5.74, 6) is -1.39. The van der Waals surface area contributed by atoms with Gasteiger partial charge < -0.3 is 16.2 Å². The zero-order valence-corrected chi connectivity index (χ0v) is 11.8. The summed E-state index contributed by atoms with van der Waals surface area (Å²) >= 11 is 0. The number of carbonyl (C=O) groups is 2. The van der Waals surface area contributed by atoms with Crippen LogP contribution in [0.2, 0.25) is 0 Å². The van der Waals surface area contributed by atoms with E-state index in [9.17, 15) is 9.59 Å². The Kier molecular flexibility index (Phi) is 3.93. The van der Waals surface area contributed by atoms with E-state index in [2.05, 4.69) is 10.4 Å². The number of hydrogen-bond donors (Lipinski definition) is 3. The van der Waals surface area contributed by atoms with Crippen LogP contribution < -0.4 is 11.1 Å². The second kappa shape index (κ2) is 5.66. The highest BCUT2D eigenvalue weighted by Crippen LogP contribution is 2.21. The van der Waals surface area contributed by atoms with E-state index in [0.29, 0.717) is 23.4 Å². The van der Waals surface area contributed by atoms with Crippen LogP contribution in [0, 0.1) is 0 Å². The molecule has 0 aliphatic carbocycles. The predicted octanol–water partition coefficient (Wildman–Crippen LogP) is 1.52. The number of hydrogen-bond acceptors (Lipinski definition) is 4. The third-order valence-electron chi connectivity index (χ3n) is 3.03. The van der Waals surface area contributed by atoms with Gasteiger partial charge in [-0.2, -0.15) is 5.10 Å². The summed E-state index contributed by atoms with van der Waals surface area (Å²) in [7, 11) is 1.74. The molecule has 0 saturated carbocycles. The van der Waals surface area contributed by atoms with Crippen LogP contribution in [0.1, 0.15) is 33.3 Å². The van der Waals surface area contributed by atoms with Crippen LogP contribution in [-0.2, 0) is 13.5 Å². The minimum Gasteiger partial charge on any atom is -0.478 e. The number of carbonyl (C=O) groups excluding carboxylic acids is 1. The van der Waals surface area contributed by atoms with Crippen LogP contribution >= 0.6 is 0 Å². The number of aromatic carboxylic acids is 1. The molecule has 0 bridgehead atoms. The molecule has 0 unspecified atom stereocenters. The summed E-state index contributed by atoms with van der Waals surface area (Å²) in [6, 6.07) is 4.17. The highest BCUT2D eigenvalue weighted by Gasteiger charge is 2.16. The Morgan fingerprint density at radius 3 is 2.71 bits per heavy atom. The molecule has 1 amide bonds. The Bertz CT molecular complexity index is 706. The van der Waals surface area contributed by atoms with E-state index in [1.54, 1.807) is 17.9 Å². The largest absolute Gasteiger partial charge is 0.478 e. The lowest BCUT2D eigenvalue weighted by Crippen LogP contribution is -2.14. The fraction of sp³-hybridized carbons (Fsp3) is 0.214. The molecule has 0 spiro atoms. The van der Waals surface area contributed by atoms with Crippen molar-refractivity contribution in [3.8, 4) is 0 Å². The first-order chi connectivity index (χ1) is 9.92.